The van der Waals surface area contributed by atoms with E-state index >= 15 is 0 Å². The van der Waals surface area contributed by atoms with E-state index in [0.29, 0.717) is 16.4 Å². The molecule has 1 heterocycles. The highest BCUT2D eigenvalue weighted by atomic mass is 32.2. The first-order valence-corrected chi connectivity index (χ1v) is 9.44. The number of nitrogens with zero attached hydrogens (tertiary/aromatic N) is 3. The van der Waals surface area contributed by atoms with Crippen molar-refractivity contribution in [1.29, 1.82) is 0 Å². The van der Waals surface area contributed by atoms with Gasteiger partial charge in [0.2, 0.25) is 20.0 Å². The topological polar surface area (TPSA) is 78.0 Å². The van der Waals surface area contributed by atoms with Crippen molar-refractivity contribution in [2.45, 2.75) is 16.0 Å². The van der Waals surface area contributed by atoms with Gasteiger partial charge < -0.3 is 4.90 Å². The van der Waals surface area contributed by atoms with Crippen molar-refractivity contribution in [3.8, 4) is 0 Å². The fraction of sp³-hybridized carbons (Fsp3) is 0.500. The third-order valence-electron chi connectivity index (χ3n) is 3.64. The van der Waals surface area contributed by atoms with Crippen LogP contribution in [0.4, 0.5) is 18.9 Å². The number of hydrogen-bond donors (Lipinski definition) is 0. The van der Waals surface area contributed by atoms with Crippen molar-refractivity contribution >= 4 is 25.7 Å². The van der Waals surface area contributed by atoms with Crippen LogP contribution in [0.2, 0.25) is 0 Å². The van der Waals surface area contributed by atoms with Crippen molar-refractivity contribution in [2.75, 3.05) is 39.8 Å². The van der Waals surface area contributed by atoms with Crippen LogP contribution in [0.1, 0.15) is 5.56 Å². The number of halogens is 3. The van der Waals surface area contributed by atoms with Gasteiger partial charge in [-0.2, -0.15) is 17.5 Å². The monoisotopic (exact) mass is 387 g/mol. The Morgan fingerprint density at radius 2 is 1.71 bits per heavy atom. The predicted octanol–water partition coefficient (Wildman–Crippen LogP) is 0.984. The van der Waals surface area contributed by atoms with Gasteiger partial charge in [-0.1, -0.05) is 0 Å². The standard InChI is InChI=1S/C12H16F3N3O4S2/c1-16(2)23(19,20)10-6-11-9(5-8(10)12(13,14)15)17(3)7-18(4)24(11,21)22/h5-6H,7H2,1-4H3. The minimum absolute atomic E-state index is 0.146. The molecule has 136 valence electrons. The van der Waals surface area contributed by atoms with E-state index in [4.69, 9.17) is 0 Å². The van der Waals surface area contributed by atoms with Crippen LogP contribution >= 0.6 is 0 Å². The summed E-state index contributed by atoms with van der Waals surface area (Å²) in [7, 11) is -3.76. The fourth-order valence-electron chi connectivity index (χ4n) is 2.31. The van der Waals surface area contributed by atoms with E-state index in [2.05, 4.69) is 0 Å². The van der Waals surface area contributed by atoms with Crippen molar-refractivity contribution in [3.05, 3.63) is 17.7 Å². The summed E-state index contributed by atoms with van der Waals surface area (Å²) in [5, 5.41) is 0. The fourth-order valence-corrected chi connectivity index (χ4v) is 4.90. The number of fused-ring (bicyclic) bond motifs is 1. The number of sulfonamides is 2. The molecule has 0 fully saturated rings. The van der Waals surface area contributed by atoms with E-state index in [1.807, 2.05) is 0 Å². The quantitative estimate of drug-likeness (QED) is 0.756. The number of rotatable bonds is 2. The zero-order valence-corrected chi connectivity index (χ0v) is 14.9. The number of anilines is 1. The Balaban J connectivity index is 2.94. The maximum Gasteiger partial charge on any atom is 0.417 e. The molecule has 12 heteroatoms. The van der Waals surface area contributed by atoms with Crippen LogP contribution < -0.4 is 4.90 Å². The lowest BCUT2D eigenvalue weighted by Gasteiger charge is -2.34. The van der Waals surface area contributed by atoms with Gasteiger partial charge in [-0.25, -0.2) is 21.1 Å². The average Bonchev–Trinajstić information content (AvgIpc) is 2.43. The number of alkyl halides is 3. The molecule has 24 heavy (non-hydrogen) atoms. The van der Waals surface area contributed by atoms with Crippen molar-refractivity contribution in [3.63, 3.8) is 0 Å². The smallest absolute Gasteiger partial charge is 0.359 e. The molecule has 1 aromatic rings. The summed E-state index contributed by atoms with van der Waals surface area (Å²) in [4.78, 5) is -0.268. The van der Waals surface area contributed by atoms with Crippen LogP contribution in [-0.4, -0.2) is 60.3 Å². The largest absolute Gasteiger partial charge is 0.417 e. The molecular weight excluding hydrogens is 371 g/mol. The Morgan fingerprint density at radius 1 is 1.17 bits per heavy atom. The summed E-state index contributed by atoms with van der Waals surface area (Å²) in [6.07, 6.45) is -4.96. The Hall–Kier alpha value is -1.37. The van der Waals surface area contributed by atoms with Gasteiger partial charge in [0.1, 0.15) is 4.90 Å². The summed E-state index contributed by atoms with van der Waals surface area (Å²) < 4.78 is 90.8. The molecule has 0 aliphatic carbocycles. The van der Waals surface area contributed by atoms with Gasteiger partial charge >= 0.3 is 6.18 Å². The van der Waals surface area contributed by atoms with E-state index in [1.165, 1.54) is 19.0 Å². The maximum absolute atomic E-state index is 13.3. The summed E-state index contributed by atoms with van der Waals surface area (Å²) in [6, 6.07) is 1.14. The Bertz CT molecular complexity index is 880. The lowest BCUT2D eigenvalue weighted by atomic mass is 10.2. The third kappa shape index (κ3) is 2.87. The highest BCUT2D eigenvalue weighted by molar-refractivity contribution is 7.90. The first-order chi connectivity index (χ1) is 10.7. The lowest BCUT2D eigenvalue weighted by Crippen LogP contribution is -2.42. The van der Waals surface area contributed by atoms with Gasteiger partial charge in [-0.15, -0.1) is 0 Å². The van der Waals surface area contributed by atoms with Gasteiger partial charge in [0.05, 0.1) is 22.8 Å². The van der Waals surface area contributed by atoms with E-state index < -0.39 is 41.6 Å². The summed E-state index contributed by atoms with van der Waals surface area (Å²) >= 11 is 0. The van der Waals surface area contributed by atoms with Gasteiger partial charge in [0.15, 0.2) is 0 Å². The number of hydrogen-bond acceptors (Lipinski definition) is 5. The van der Waals surface area contributed by atoms with Crippen LogP contribution in [0.25, 0.3) is 0 Å². The lowest BCUT2D eigenvalue weighted by molar-refractivity contribution is -0.139. The summed E-state index contributed by atoms with van der Waals surface area (Å²) in [5.41, 5.74) is -1.60. The van der Waals surface area contributed by atoms with Crippen LogP contribution in [0.3, 0.4) is 0 Å². The highest BCUT2D eigenvalue weighted by Crippen LogP contribution is 2.42. The van der Waals surface area contributed by atoms with Crippen LogP contribution in [-0.2, 0) is 26.2 Å². The van der Waals surface area contributed by atoms with Crippen LogP contribution in [0.5, 0.6) is 0 Å². The molecule has 0 unspecified atom stereocenters. The van der Waals surface area contributed by atoms with Crippen LogP contribution in [0.15, 0.2) is 21.9 Å². The first-order valence-electron chi connectivity index (χ1n) is 6.56. The molecule has 0 bridgehead atoms. The molecule has 0 radical (unpaired) electrons. The minimum atomic E-state index is -4.96. The second-order valence-corrected chi connectivity index (χ2v) is 9.68. The van der Waals surface area contributed by atoms with Crippen molar-refractivity contribution in [1.82, 2.24) is 8.61 Å². The predicted molar refractivity (Wildman–Crippen MR) is 80.5 cm³/mol. The minimum Gasteiger partial charge on any atom is -0.359 e. The molecule has 0 N–H and O–H groups in total. The van der Waals surface area contributed by atoms with Gasteiger partial charge in [0, 0.05) is 28.2 Å². The molecule has 0 amide bonds. The Labute approximate surface area is 138 Å². The molecule has 2 rings (SSSR count). The van der Waals surface area contributed by atoms with E-state index in [-0.39, 0.29) is 12.4 Å². The van der Waals surface area contributed by atoms with Gasteiger partial charge in [-0.3, -0.25) is 0 Å². The SMILES string of the molecule is CN1CN(C)S(=O)(=O)c2cc(S(=O)(=O)N(C)C)c(C(F)(F)F)cc21. The third-order valence-corrected chi connectivity index (χ3v) is 7.31. The summed E-state index contributed by atoms with van der Waals surface area (Å²) in [5.74, 6) is 0. The molecule has 0 saturated heterocycles. The molecule has 1 aromatic carbocycles. The highest BCUT2D eigenvalue weighted by Gasteiger charge is 2.42. The molecule has 0 spiro atoms. The van der Waals surface area contributed by atoms with Gasteiger partial charge in [-0.05, 0) is 12.1 Å². The molecular formula is C12H16F3N3O4S2. The van der Waals surface area contributed by atoms with E-state index in [0.717, 1.165) is 18.4 Å². The second-order valence-electron chi connectivity index (χ2n) is 5.54. The zero-order chi connectivity index (χ0) is 18.7. The zero-order valence-electron chi connectivity index (χ0n) is 13.3. The normalized spacial score (nSPS) is 18.8. The maximum atomic E-state index is 13.3. The molecule has 0 atom stereocenters. The van der Waals surface area contributed by atoms with Crippen molar-refractivity contribution in [2.24, 2.45) is 0 Å². The first kappa shape index (κ1) is 19.0. The van der Waals surface area contributed by atoms with E-state index in [9.17, 15) is 30.0 Å². The molecule has 1 aliphatic rings. The number of benzene rings is 1. The van der Waals surface area contributed by atoms with Crippen molar-refractivity contribution < 1.29 is 30.0 Å². The molecule has 1 aliphatic heterocycles. The van der Waals surface area contributed by atoms with E-state index in [1.54, 1.807) is 0 Å². The molecule has 0 aromatic heterocycles. The Kier molecular flexibility index (Phi) is 4.41. The van der Waals surface area contributed by atoms with Gasteiger partial charge in [0.25, 0.3) is 0 Å². The molecule has 7 nitrogen and oxygen atoms in total. The Morgan fingerprint density at radius 3 is 2.17 bits per heavy atom. The summed E-state index contributed by atoms with van der Waals surface area (Å²) in [6.45, 7) is -0.146. The molecule has 0 saturated carbocycles. The van der Waals surface area contributed by atoms with Crippen LogP contribution in [0, 0.1) is 0 Å². The second kappa shape index (κ2) is 5.58. The average molecular weight is 387 g/mol.